The Morgan fingerprint density at radius 2 is 1.77 bits per heavy atom. The number of non-ortho nitro benzene ring substituents is 1. The minimum absolute atomic E-state index is 0.148. The number of carbonyl (C=O) groups excluding carboxylic acids is 2. The molecule has 0 bridgehead atoms. The van der Waals surface area contributed by atoms with E-state index in [-0.39, 0.29) is 22.2 Å². The summed E-state index contributed by atoms with van der Waals surface area (Å²) in [6.07, 6.45) is 0. The van der Waals surface area contributed by atoms with Crippen molar-refractivity contribution in [3.05, 3.63) is 85.4 Å². The Balaban J connectivity index is 1.92. The second-order valence-electron chi connectivity index (χ2n) is 6.63. The Kier molecular flexibility index (Phi) is 5.25. The number of ketones is 1. The first-order valence-corrected chi connectivity index (χ1v) is 10.1. The fourth-order valence-corrected chi connectivity index (χ4v) is 4.11. The molecule has 2 aromatic carbocycles. The van der Waals surface area contributed by atoms with Crippen LogP contribution in [0.4, 0.5) is 10.8 Å². The van der Waals surface area contributed by atoms with Crippen LogP contribution in [-0.4, -0.2) is 31.9 Å². The number of nitro groups is 1. The molecule has 1 saturated heterocycles. The van der Waals surface area contributed by atoms with E-state index in [1.165, 1.54) is 36.4 Å². The number of aliphatic hydroxyl groups is 1. The summed E-state index contributed by atoms with van der Waals surface area (Å²) in [6, 6.07) is 10.5. The minimum atomic E-state index is -1.04. The van der Waals surface area contributed by atoms with Crippen molar-refractivity contribution in [2.24, 2.45) is 0 Å². The van der Waals surface area contributed by atoms with Gasteiger partial charge in [0.1, 0.15) is 10.8 Å². The van der Waals surface area contributed by atoms with Gasteiger partial charge in [0.05, 0.1) is 16.5 Å². The molecule has 156 valence electrons. The van der Waals surface area contributed by atoms with Crippen molar-refractivity contribution < 1.29 is 19.6 Å². The van der Waals surface area contributed by atoms with Gasteiger partial charge in [0.2, 0.25) is 5.13 Å². The van der Waals surface area contributed by atoms with Gasteiger partial charge in [-0.1, -0.05) is 22.9 Å². The maximum absolute atomic E-state index is 12.9. The number of hydrogen-bond donors (Lipinski definition) is 1. The molecular formula is C20H13ClN4O5S. The number of aliphatic hydroxyl groups excluding tert-OH is 1. The number of anilines is 1. The Bertz CT molecular complexity index is 1240. The van der Waals surface area contributed by atoms with E-state index < -0.39 is 22.7 Å². The molecule has 2 heterocycles. The number of amides is 1. The molecule has 1 aliphatic heterocycles. The predicted molar refractivity (Wildman–Crippen MR) is 114 cm³/mol. The van der Waals surface area contributed by atoms with Crippen LogP contribution in [-0.2, 0) is 9.59 Å². The van der Waals surface area contributed by atoms with Crippen molar-refractivity contribution >= 4 is 51.2 Å². The van der Waals surface area contributed by atoms with Gasteiger partial charge in [0, 0.05) is 22.7 Å². The normalized spacial score (nSPS) is 17.9. The maximum Gasteiger partial charge on any atom is 0.301 e. The topological polar surface area (TPSA) is 127 Å². The number of Topliss-reactive ketones (excluding diaryl/α,β-unsaturated/α-hetero) is 1. The molecule has 1 amide bonds. The lowest BCUT2D eigenvalue weighted by molar-refractivity contribution is -0.384. The zero-order valence-electron chi connectivity index (χ0n) is 15.9. The lowest BCUT2D eigenvalue weighted by Crippen LogP contribution is -2.29. The van der Waals surface area contributed by atoms with E-state index in [2.05, 4.69) is 10.2 Å². The second-order valence-corrected chi connectivity index (χ2v) is 8.22. The number of rotatable bonds is 4. The van der Waals surface area contributed by atoms with Crippen LogP contribution in [0.1, 0.15) is 22.2 Å². The van der Waals surface area contributed by atoms with Crippen molar-refractivity contribution in [2.75, 3.05) is 4.90 Å². The van der Waals surface area contributed by atoms with E-state index in [9.17, 15) is 24.8 Å². The molecule has 0 saturated carbocycles. The van der Waals surface area contributed by atoms with Crippen LogP contribution in [0.15, 0.2) is 54.1 Å². The third kappa shape index (κ3) is 3.66. The molecule has 1 unspecified atom stereocenters. The molecule has 31 heavy (non-hydrogen) atoms. The standard InChI is InChI=1S/C20H13ClN4O5S/c1-10-22-23-20(31-10)24-16(11-4-8-14(9-5-11)25(29)30)15(18(27)19(24)28)17(26)12-2-6-13(21)7-3-12/h2-9,16,26H,1H3. The number of aromatic nitrogens is 2. The van der Waals surface area contributed by atoms with Crippen molar-refractivity contribution in [3.8, 4) is 0 Å². The molecule has 1 aliphatic rings. The summed E-state index contributed by atoms with van der Waals surface area (Å²) in [6.45, 7) is 1.70. The first kappa shape index (κ1) is 20.6. The smallest absolute Gasteiger partial charge is 0.301 e. The van der Waals surface area contributed by atoms with Crippen LogP contribution in [0, 0.1) is 17.0 Å². The SMILES string of the molecule is Cc1nnc(N2C(=O)C(=O)C(=C(O)c3ccc(Cl)cc3)C2c2ccc([N+](=O)[O-])cc2)s1. The van der Waals surface area contributed by atoms with Gasteiger partial charge in [-0.05, 0) is 48.9 Å². The molecule has 1 atom stereocenters. The molecule has 0 aliphatic carbocycles. The summed E-state index contributed by atoms with van der Waals surface area (Å²) >= 11 is 7.01. The summed E-state index contributed by atoms with van der Waals surface area (Å²) < 4.78 is 0. The quantitative estimate of drug-likeness (QED) is 0.206. The minimum Gasteiger partial charge on any atom is -0.507 e. The van der Waals surface area contributed by atoms with Gasteiger partial charge in [-0.3, -0.25) is 24.6 Å². The molecule has 4 rings (SSSR count). The van der Waals surface area contributed by atoms with Crippen LogP contribution in [0.2, 0.25) is 5.02 Å². The first-order valence-electron chi connectivity index (χ1n) is 8.89. The van der Waals surface area contributed by atoms with Gasteiger partial charge < -0.3 is 5.11 Å². The Morgan fingerprint density at radius 1 is 1.13 bits per heavy atom. The van der Waals surface area contributed by atoms with Crippen molar-refractivity contribution in [1.82, 2.24) is 10.2 Å². The maximum atomic E-state index is 12.9. The lowest BCUT2D eigenvalue weighted by Gasteiger charge is -2.22. The molecule has 9 nitrogen and oxygen atoms in total. The summed E-state index contributed by atoms with van der Waals surface area (Å²) in [5, 5.41) is 31.0. The Labute approximate surface area is 184 Å². The third-order valence-corrected chi connectivity index (χ3v) is 5.79. The number of carbonyl (C=O) groups is 2. The van der Waals surface area contributed by atoms with Gasteiger partial charge in [-0.25, -0.2) is 0 Å². The molecule has 1 aromatic heterocycles. The van der Waals surface area contributed by atoms with Crippen molar-refractivity contribution in [3.63, 3.8) is 0 Å². The number of aryl methyl sites for hydroxylation is 1. The van der Waals surface area contributed by atoms with E-state index in [1.54, 1.807) is 19.1 Å². The highest BCUT2D eigenvalue weighted by molar-refractivity contribution is 7.15. The predicted octanol–water partition coefficient (Wildman–Crippen LogP) is 4.03. The second kappa shape index (κ2) is 7.89. The Morgan fingerprint density at radius 3 is 2.32 bits per heavy atom. The zero-order chi connectivity index (χ0) is 22.3. The average Bonchev–Trinajstić information content (AvgIpc) is 3.29. The number of nitrogens with zero attached hydrogens (tertiary/aromatic N) is 4. The largest absolute Gasteiger partial charge is 0.507 e. The van der Waals surface area contributed by atoms with Gasteiger partial charge in [0.15, 0.2) is 0 Å². The van der Waals surface area contributed by atoms with Crippen molar-refractivity contribution in [2.45, 2.75) is 13.0 Å². The highest BCUT2D eigenvalue weighted by atomic mass is 35.5. The number of halogens is 1. The summed E-state index contributed by atoms with van der Waals surface area (Å²) in [5.41, 5.74) is 0.384. The Hall–Kier alpha value is -3.63. The number of hydrogen-bond acceptors (Lipinski definition) is 8. The van der Waals surface area contributed by atoms with E-state index in [4.69, 9.17) is 11.6 Å². The zero-order valence-corrected chi connectivity index (χ0v) is 17.4. The van der Waals surface area contributed by atoms with Crippen LogP contribution >= 0.6 is 22.9 Å². The lowest BCUT2D eigenvalue weighted by atomic mass is 9.95. The number of benzene rings is 2. The first-order chi connectivity index (χ1) is 14.8. The fourth-order valence-electron chi connectivity index (χ4n) is 3.27. The summed E-state index contributed by atoms with van der Waals surface area (Å²) in [4.78, 5) is 37.5. The van der Waals surface area contributed by atoms with Crippen molar-refractivity contribution in [1.29, 1.82) is 0 Å². The van der Waals surface area contributed by atoms with E-state index >= 15 is 0 Å². The van der Waals surface area contributed by atoms with E-state index in [0.717, 1.165) is 16.2 Å². The highest BCUT2D eigenvalue weighted by Gasteiger charge is 2.48. The molecule has 1 fully saturated rings. The van der Waals surface area contributed by atoms with Crippen LogP contribution < -0.4 is 4.90 Å². The molecule has 0 radical (unpaired) electrons. The van der Waals surface area contributed by atoms with E-state index in [0.29, 0.717) is 21.2 Å². The van der Waals surface area contributed by atoms with Gasteiger partial charge in [-0.2, -0.15) is 0 Å². The van der Waals surface area contributed by atoms with Crippen LogP contribution in [0.3, 0.4) is 0 Å². The highest BCUT2D eigenvalue weighted by Crippen LogP contribution is 2.43. The van der Waals surface area contributed by atoms with Gasteiger partial charge in [-0.15, -0.1) is 10.2 Å². The number of nitro benzene ring substituents is 1. The monoisotopic (exact) mass is 456 g/mol. The summed E-state index contributed by atoms with van der Waals surface area (Å²) in [5.74, 6) is -2.17. The molecule has 11 heteroatoms. The van der Waals surface area contributed by atoms with Crippen LogP contribution in [0.25, 0.3) is 5.76 Å². The third-order valence-electron chi connectivity index (χ3n) is 4.70. The van der Waals surface area contributed by atoms with Crippen LogP contribution in [0.5, 0.6) is 0 Å². The van der Waals surface area contributed by atoms with Gasteiger partial charge >= 0.3 is 5.91 Å². The molecular weight excluding hydrogens is 444 g/mol. The molecule has 1 N–H and O–H groups in total. The van der Waals surface area contributed by atoms with Gasteiger partial charge in [0.25, 0.3) is 11.5 Å². The van der Waals surface area contributed by atoms with E-state index in [1.807, 2.05) is 0 Å². The fraction of sp³-hybridized carbons (Fsp3) is 0.100. The molecule has 0 spiro atoms. The average molecular weight is 457 g/mol. The molecule has 3 aromatic rings. The summed E-state index contributed by atoms with van der Waals surface area (Å²) in [7, 11) is 0.